The molecule has 3 N–H and O–H groups in total. The molecule has 2 nitrogen and oxygen atoms in total. The van der Waals surface area contributed by atoms with Crippen LogP contribution in [0.3, 0.4) is 0 Å². The van der Waals surface area contributed by atoms with E-state index in [1.54, 1.807) is 0 Å². The van der Waals surface area contributed by atoms with Crippen molar-refractivity contribution in [1.29, 1.82) is 0 Å². The molecule has 0 unspecified atom stereocenters. The lowest BCUT2D eigenvalue weighted by atomic mass is 9.83. The maximum atomic E-state index is 13.4. The Morgan fingerprint density at radius 3 is 2.28 bits per heavy atom. The van der Waals surface area contributed by atoms with Gasteiger partial charge in [0.1, 0.15) is 11.6 Å². The van der Waals surface area contributed by atoms with Crippen molar-refractivity contribution in [3.8, 4) is 0 Å². The Morgan fingerprint density at radius 2 is 1.83 bits per heavy atom. The van der Waals surface area contributed by atoms with E-state index in [9.17, 15) is 13.9 Å². The number of halogens is 3. The molecule has 0 radical (unpaired) electrons. The Morgan fingerprint density at radius 1 is 1.28 bits per heavy atom. The van der Waals surface area contributed by atoms with Crippen molar-refractivity contribution >= 4 is 12.4 Å². The first kappa shape index (κ1) is 17.3. The largest absolute Gasteiger partial charge is 0.388 e. The summed E-state index contributed by atoms with van der Waals surface area (Å²) in [5, 5.41) is 9.88. The van der Waals surface area contributed by atoms with Gasteiger partial charge >= 0.3 is 0 Å². The van der Waals surface area contributed by atoms with E-state index in [0.717, 1.165) is 12.1 Å². The first-order valence-corrected chi connectivity index (χ1v) is 5.60. The molecular formula is C13H20ClF2NO. The maximum Gasteiger partial charge on any atom is 0.131 e. The van der Waals surface area contributed by atoms with Gasteiger partial charge < -0.3 is 10.8 Å². The molecule has 0 bridgehead atoms. The standard InChI is InChI=1S/C13H19F2NO.ClH/c1-13(2,3)12(16)7-11(17)9-5-4-8(14)6-10(9)15;/h4-6,11-12,17H,7,16H2,1-3H3;1H/t11-,12+;/m0./s1. The third-order valence-corrected chi connectivity index (χ3v) is 2.91. The number of aliphatic hydroxyl groups is 1. The van der Waals surface area contributed by atoms with E-state index in [-0.39, 0.29) is 35.8 Å². The molecule has 0 amide bonds. The molecule has 18 heavy (non-hydrogen) atoms. The van der Waals surface area contributed by atoms with Crippen LogP contribution in [0.4, 0.5) is 8.78 Å². The van der Waals surface area contributed by atoms with Gasteiger partial charge in [-0.25, -0.2) is 8.78 Å². The number of hydrogen-bond acceptors (Lipinski definition) is 2. The van der Waals surface area contributed by atoms with Crippen molar-refractivity contribution < 1.29 is 13.9 Å². The lowest BCUT2D eigenvalue weighted by Gasteiger charge is -2.29. The average molecular weight is 280 g/mol. The van der Waals surface area contributed by atoms with Crippen molar-refractivity contribution in [3.63, 3.8) is 0 Å². The molecule has 1 rings (SSSR count). The Bertz CT molecular complexity index is 393. The number of nitrogens with two attached hydrogens (primary N) is 1. The summed E-state index contributed by atoms with van der Waals surface area (Å²) in [6, 6.07) is 2.89. The highest BCUT2D eigenvalue weighted by molar-refractivity contribution is 5.85. The zero-order valence-electron chi connectivity index (χ0n) is 10.8. The van der Waals surface area contributed by atoms with Crippen LogP contribution >= 0.6 is 12.4 Å². The lowest BCUT2D eigenvalue weighted by Crippen LogP contribution is -2.36. The van der Waals surface area contributed by atoms with Crippen molar-refractivity contribution in [2.24, 2.45) is 11.1 Å². The minimum atomic E-state index is -1.01. The first-order valence-electron chi connectivity index (χ1n) is 5.60. The van der Waals surface area contributed by atoms with E-state index in [0.29, 0.717) is 0 Å². The van der Waals surface area contributed by atoms with Gasteiger partial charge in [-0.05, 0) is 17.9 Å². The van der Waals surface area contributed by atoms with Gasteiger partial charge in [0.05, 0.1) is 6.10 Å². The van der Waals surface area contributed by atoms with E-state index < -0.39 is 17.7 Å². The minimum Gasteiger partial charge on any atom is -0.388 e. The summed E-state index contributed by atoms with van der Waals surface area (Å²) in [5.41, 5.74) is 5.83. The molecular weight excluding hydrogens is 260 g/mol. The predicted molar refractivity (Wildman–Crippen MR) is 70.6 cm³/mol. The monoisotopic (exact) mass is 279 g/mol. The van der Waals surface area contributed by atoms with Crippen LogP contribution in [0.1, 0.15) is 38.9 Å². The molecule has 0 saturated carbocycles. The van der Waals surface area contributed by atoms with Crippen LogP contribution in [0.15, 0.2) is 18.2 Å². The summed E-state index contributed by atoms with van der Waals surface area (Å²) in [5.74, 6) is -1.39. The van der Waals surface area contributed by atoms with E-state index in [4.69, 9.17) is 5.73 Å². The maximum absolute atomic E-state index is 13.4. The zero-order valence-corrected chi connectivity index (χ0v) is 11.6. The van der Waals surface area contributed by atoms with Crippen LogP contribution in [0, 0.1) is 17.0 Å². The van der Waals surface area contributed by atoms with Gasteiger partial charge in [-0.2, -0.15) is 0 Å². The zero-order chi connectivity index (χ0) is 13.2. The smallest absolute Gasteiger partial charge is 0.131 e. The fourth-order valence-electron chi connectivity index (χ4n) is 1.49. The summed E-state index contributed by atoms with van der Waals surface area (Å²) in [4.78, 5) is 0. The van der Waals surface area contributed by atoms with Crippen molar-refractivity contribution in [2.45, 2.75) is 39.3 Å². The van der Waals surface area contributed by atoms with Gasteiger partial charge in [0, 0.05) is 17.7 Å². The molecule has 0 heterocycles. The fraction of sp³-hybridized carbons (Fsp3) is 0.538. The highest BCUT2D eigenvalue weighted by Crippen LogP contribution is 2.28. The second-order valence-corrected chi connectivity index (χ2v) is 5.39. The summed E-state index contributed by atoms with van der Waals surface area (Å²) >= 11 is 0. The Balaban J connectivity index is 0.00000289. The van der Waals surface area contributed by atoms with Gasteiger partial charge in [-0.15, -0.1) is 12.4 Å². The van der Waals surface area contributed by atoms with E-state index >= 15 is 0 Å². The summed E-state index contributed by atoms with van der Waals surface area (Å²) in [6.07, 6.45) is -0.767. The number of rotatable bonds is 3. The average Bonchev–Trinajstić information content (AvgIpc) is 2.15. The molecule has 104 valence electrons. The highest BCUT2D eigenvalue weighted by Gasteiger charge is 2.25. The number of hydrogen-bond donors (Lipinski definition) is 2. The second-order valence-electron chi connectivity index (χ2n) is 5.39. The molecule has 1 aromatic rings. The first-order chi connectivity index (χ1) is 7.71. The van der Waals surface area contributed by atoms with Crippen molar-refractivity contribution in [2.75, 3.05) is 0 Å². The molecule has 1 aromatic carbocycles. The van der Waals surface area contributed by atoms with Crippen LogP contribution in [0.25, 0.3) is 0 Å². The summed E-state index contributed by atoms with van der Waals surface area (Å²) in [7, 11) is 0. The van der Waals surface area contributed by atoms with Gasteiger partial charge in [-0.3, -0.25) is 0 Å². The third-order valence-electron chi connectivity index (χ3n) is 2.91. The van der Waals surface area contributed by atoms with E-state index in [1.807, 2.05) is 20.8 Å². The van der Waals surface area contributed by atoms with Gasteiger partial charge in [-0.1, -0.05) is 26.8 Å². The fourth-order valence-corrected chi connectivity index (χ4v) is 1.49. The van der Waals surface area contributed by atoms with Crippen molar-refractivity contribution in [3.05, 3.63) is 35.4 Å². The van der Waals surface area contributed by atoms with Gasteiger partial charge in [0.25, 0.3) is 0 Å². The van der Waals surface area contributed by atoms with Gasteiger partial charge in [0.15, 0.2) is 0 Å². The highest BCUT2D eigenvalue weighted by atomic mass is 35.5. The molecule has 0 aromatic heterocycles. The number of aliphatic hydroxyl groups excluding tert-OH is 1. The minimum absolute atomic E-state index is 0. The molecule has 0 aliphatic rings. The van der Waals surface area contributed by atoms with Crippen molar-refractivity contribution in [1.82, 2.24) is 0 Å². The topological polar surface area (TPSA) is 46.2 Å². The van der Waals surface area contributed by atoms with Crippen LogP contribution in [-0.4, -0.2) is 11.1 Å². The second kappa shape index (κ2) is 6.45. The molecule has 0 aliphatic carbocycles. The number of benzene rings is 1. The van der Waals surface area contributed by atoms with Crippen LogP contribution in [0.5, 0.6) is 0 Å². The quantitative estimate of drug-likeness (QED) is 0.893. The normalized spacial score (nSPS) is 14.8. The van der Waals surface area contributed by atoms with Gasteiger partial charge in [0.2, 0.25) is 0 Å². The van der Waals surface area contributed by atoms with Crippen LogP contribution in [-0.2, 0) is 0 Å². The molecule has 0 aliphatic heterocycles. The molecule has 0 saturated heterocycles. The predicted octanol–water partition coefficient (Wildman–Crippen LogP) is 3.18. The Labute approximate surface area is 113 Å². The van der Waals surface area contributed by atoms with E-state index in [2.05, 4.69) is 0 Å². The molecule has 2 atom stereocenters. The summed E-state index contributed by atoms with van der Waals surface area (Å²) in [6.45, 7) is 5.85. The SMILES string of the molecule is CC(C)(C)[C@H](N)C[C@H](O)c1ccc(F)cc1F.Cl. The Hall–Kier alpha value is -0.710. The molecule has 5 heteroatoms. The third kappa shape index (κ3) is 4.52. The summed E-state index contributed by atoms with van der Waals surface area (Å²) < 4.78 is 26.1. The molecule has 0 fully saturated rings. The molecule has 0 spiro atoms. The van der Waals surface area contributed by atoms with E-state index in [1.165, 1.54) is 6.07 Å². The Kier molecular flexibility index (Phi) is 6.20. The van der Waals surface area contributed by atoms with Crippen LogP contribution < -0.4 is 5.73 Å². The lowest BCUT2D eigenvalue weighted by molar-refractivity contribution is 0.130. The van der Waals surface area contributed by atoms with Crippen LogP contribution in [0.2, 0.25) is 0 Å².